The number of carbonyl (C=O) groups is 1. The molecule has 1 aliphatic heterocycles. The van der Waals surface area contributed by atoms with E-state index in [2.05, 4.69) is 24.1 Å². The van der Waals surface area contributed by atoms with Gasteiger partial charge >= 0.3 is 0 Å². The lowest BCUT2D eigenvalue weighted by Crippen LogP contribution is -2.45. The summed E-state index contributed by atoms with van der Waals surface area (Å²) in [7, 11) is 0. The highest BCUT2D eigenvalue weighted by Crippen LogP contribution is 2.17. The Morgan fingerprint density at radius 1 is 1.50 bits per heavy atom. The van der Waals surface area contributed by atoms with Crippen LogP contribution >= 0.6 is 24.8 Å². The number of amides is 1. The lowest BCUT2D eigenvalue weighted by Gasteiger charge is -2.23. The zero-order chi connectivity index (χ0) is 12.0. The molecule has 1 amide bonds. The number of nitrogens with two attached hydrogens (primary N) is 1. The molecule has 1 aliphatic rings. The van der Waals surface area contributed by atoms with Crippen LogP contribution in [-0.4, -0.2) is 43.0 Å². The maximum Gasteiger partial charge on any atom is 0.237 e. The fraction of sp³-hybridized carbons (Fsp3) is 0.917. The third-order valence-electron chi connectivity index (χ3n) is 3.20. The average Bonchev–Trinajstić information content (AvgIpc) is 2.74. The van der Waals surface area contributed by atoms with Crippen LogP contribution in [0.5, 0.6) is 0 Å². The molecule has 0 aromatic rings. The summed E-state index contributed by atoms with van der Waals surface area (Å²) in [6.45, 7) is 7.64. The number of rotatable bonds is 6. The van der Waals surface area contributed by atoms with Crippen molar-refractivity contribution < 1.29 is 4.79 Å². The lowest BCUT2D eigenvalue weighted by molar-refractivity contribution is -0.125. The molecule has 1 fully saturated rings. The van der Waals surface area contributed by atoms with Crippen LogP contribution in [0, 0.1) is 5.92 Å². The van der Waals surface area contributed by atoms with Crippen molar-refractivity contribution in [1.82, 2.24) is 10.2 Å². The molecule has 0 aromatic carbocycles. The summed E-state index contributed by atoms with van der Waals surface area (Å²) in [5, 5.41) is 3.00. The third kappa shape index (κ3) is 6.23. The van der Waals surface area contributed by atoms with Gasteiger partial charge in [0.25, 0.3) is 0 Å². The first-order chi connectivity index (χ1) is 7.69. The molecule has 3 N–H and O–H groups in total. The fourth-order valence-corrected chi connectivity index (χ4v) is 2.15. The van der Waals surface area contributed by atoms with E-state index >= 15 is 0 Å². The van der Waals surface area contributed by atoms with E-state index in [9.17, 15) is 4.79 Å². The monoisotopic (exact) mass is 299 g/mol. The van der Waals surface area contributed by atoms with Crippen LogP contribution in [-0.2, 0) is 4.79 Å². The van der Waals surface area contributed by atoms with Crippen LogP contribution in [0.3, 0.4) is 0 Å². The fourth-order valence-electron chi connectivity index (χ4n) is 2.15. The molecule has 1 heterocycles. The molecule has 0 bridgehead atoms. The standard InChI is InChI=1S/C12H25N3O.2ClH/c1-3-6-15-7-4-5-11(15)12(16)14-9-10(2)8-13;;/h10-11H,3-9,13H2,1-2H3,(H,14,16);2*1H. The quantitative estimate of drug-likeness (QED) is 0.780. The molecule has 0 saturated carbocycles. The zero-order valence-electron chi connectivity index (χ0n) is 11.4. The predicted molar refractivity (Wildman–Crippen MR) is 80.6 cm³/mol. The Balaban J connectivity index is 0. The molecule has 0 radical (unpaired) electrons. The first-order valence-corrected chi connectivity index (χ1v) is 6.40. The smallest absolute Gasteiger partial charge is 0.237 e. The van der Waals surface area contributed by atoms with E-state index in [0.717, 1.165) is 32.4 Å². The summed E-state index contributed by atoms with van der Waals surface area (Å²) < 4.78 is 0. The number of nitrogens with one attached hydrogen (secondary N) is 1. The Morgan fingerprint density at radius 3 is 2.72 bits per heavy atom. The molecule has 1 saturated heterocycles. The van der Waals surface area contributed by atoms with E-state index < -0.39 is 0 Å². The van der Waals surface area contributed by atoms with Crippen molar-refractivity contribution in [1.29, 1.82) is 0 Å². The van der Waals surface area contributed by atoms with Crippen molar-refractivity contribution in [2.75, 3.05) is 26.2 Å². The van der Waals surface area contributed by atoms with Crippen LogP contribution < -0.4 is 11.1 Å². The molecular weight excluding hydrogens is 273 g/mol. The van der Waals surface area contributed by atoms with E-state index in [4.69, 9.17) is 5.73 Å². The Bertz CT molecular complexity index is 229. The second-order valence-corrected chi connectivity index (χ2v) is 4.78. The largest absolute Gasteiger partial charge is 0.354 e. The topological polar surface area (TPSA) is 58.4 Å². The molecule has 110 valence electrons. The third-order valence-corrected chi connectivity index (χ3v) is 3.20. The molecule has 2 atom stereocenters. The molecule has 18 heavy (non-hydrogen) atoms. The van der Waals surface area contributed by atoms with Gasteiger partial charge in [-0.25, -0.2) is 0 Å². The minimum atomic E-state index is 0. The van der Waals surface area contributed by atoms with Crippen molar-refractivity contribution in [2.24, 2.45) is 11.7 Å². The molecule has 2 unspecified atom stereocenters. The number of carbonyl (C=O) groups excluding carboxylic acids is 1. The first-order valence-electron chi connectivity index (χ1n) is 6.40. The molecule has 4 nitrogen and oxygen atoms in total. The van der Waals surface area contributed by atoms with Gasteiger partial charge in [0.05, 0.1) is 6.04 Å². The highest BCUT2D eigenvalue weighted by molar-refractivity contribution is 5.85. The normalized spacial score (nSPS) is 20.7. The van der Waals surface area contributed by atoms with Crippen molar-refractivity contribution in [3.8, 4) is 0 Å². The number of hydrogen-bond acceptors (Lipinski definition) is 3. The van der Waals surface area contributed by atoms with Crippen molar-refractivity contribution >= 4 is 30.7 Å². The van der Waals surface area contributed by atoms with Gasteiger partial charge < -0.3 is 11.1 Å². The summed E-state index contributed by atoms with van der Waals surface area (Å²) >= 11 is 0. The maximum atomic E-state index is 12.0. The Hall–Kier alpha value is -0.0300. The number of nitrogens with zero attached hydrogens (tertiary/aromatic N) is 1. The second kappa shape index (κ2) is 10.9. The predicted octanol–water partition coefficient (Wildman–Crippen LogP) is 1.42. The van der Waals surface area contributed by atoms with E-state index in [0.29, 0.717) is 19.0 Å². The average molecular weight is 300 g/mol. The van der Waals surface area contributed by atoms with E-state index in [-0.39, 0.29) is 36.8 Å². The molecule has 0 aliphatic carbocycles. The zero-order valence-corrected chi connectivity index (χ0v) is 13.0. The van der Waals surface area contributed by atoms with E-state index in [1.54, 1.807) is 0 Å². The van der Waals surface area contributed by atoms with Gasteiger partial charge in [-0.2, -0.15) is 0 Å². The summed E-state index contributed by atoms with van der Waals surface area (Å²) in [4.78, 5) is 14.3. The molecule has 1 rings (SSSR count). The first kappa shape index (κ1) is 20.3. The Labute approximate surface area is 123 Å². The SMILES string of the molecule is CCCN1CCCC1C(=O)NCC(C)CN.Cl.Cl. The minimum absolute atomic E-state index is 0. The van der Waals surface area contributed by atoms with E-state index in [1.165, 1.54) is 0 Å². The van der Waals surface area contributed by atoms with Gasteiger partial charge in [0.1, 0.15) is 0 Å². The van der Waals surface area contributed by atoms with Crippen LogP contribution in [0.25, 0.3) is 0 Å². The van der Waals surface area contributed by atoms with Gasteiger partial charge in [0.2, 0.25) is 5.91 Å². The van der Waals surface area contributed by atoms with Crippen molar-refractivity contribution in [3.05, 3.63) is 0 Å². The van der Waals surface area contributed by atoms with Gasteiger partial charge in [0.15, 0.2) is 0 Å². The molecule has 0 spiro atoms. The summed E-state index contributed by atoms with van der Waals surface area (Å²) in [6.07, 6.45) is 3.26. The number of halogens is 2. The number of likely N-dealkylation sites (tertiary alicyclic amines) is 1. The van der Waals surface area contributed by atoms with Crippen LogP contribution in [0.15, 0.2) is 0 Å². The Kier molecular flexibility index (Phi) is 12.2. The van der Waals surface area contributed by atoms with Gasteiger partial charge in [0, 0.05) is 6.54 Å². The Morgan fingerprint density at radius 2 is 2.17 bits per heavy atom. The highest BCUT2D eigenvalue weighted by Gasteiger charge is 2.29. The van der Waals surface area contributed by atoms with Gasteiger partial charge in [-0.15, -0.1) is 24.8 Å². The van der Waals surface area contributed by atoms with Gasteiger partial charge in [-0.3, -0.25) is 9.69 Å². The van der Waals surface area contributed by atoms with Gasteiger partial charge in [-0.1, -0.05) is 13.8 Å². The highest BCUT2D eigenvalue weighted by atomic mass is 35.5. The van der Waals surface area contributed by atoms with Crippen LogP contribution in [0.1, 0.15) is 33.1 Å². The molecule has 6 heteroatoms. The molecular formula is C12H27Cl2N3O. The van der Waals surface area contributed by atoms with Gasteiger partial charge in [-0.05, 0) is 44.8 Å². The second-order valence-electron chi connectivity index (χ2n) is 4.78. The van der Waals surface area contributed by atoms with E-state index in [1.807, 2.05) is 0 Å². The van der Waals surface area contributed by atoms with Crippen molar-refractivity contribution in [3.63, 3.8) is 0 Å². The lowest BCUT2D eigenvalue weighted by atomic mass is 10.1. The maximum absolute atomic E-state index is 12.0. The minimum Gasteiger partial charge on any atom is -0.354 e. The molecule has 0 aromatic heterocycles. The summed E-state index contributed by atoms with van der Waals surface area (Å²) in [6, 6.07) is 0.102. The van der Waals surface area contributed by atoms with Crippen LogP contribution in [0.2, 0.25) is 0 Å². The van der Waals surface area contributed by atoms with Crippen LogP contribution in [0.4, 0.5) is 0 Å². The van der Waals surface area contributed by atoms with Crippen molar-refractivity contribution in [2.45, 2.75) is 39.2 Å². The number of hydrogen-bond donors (Lipinski definition) is 2. The summed E-state index contributed by atoms with van der Waals surface area (Å²) in [5.74, 6) is 0.552. The summed E-state index contributed by atoms with van der Waals surface area (Å²) in [5.41, 5.74) is 5.52.